The van der Waals surface area contributed by atoms with Crippen LogP contribution in [0.1, 0.15) is 59.3 Å². The van der Waals surface area contributed by atoms with Gasteiger partial charge in [-0.15, -0.1) is 0 Å². The van der Waals surface area contributed by atoms with E-state index >= 15 is 0 Å². The molecule has 164 valence electrons. The monoisotopic (exact) mass is 423 g/mol. The summed E-state index contributed by atoms with van der Waals surface area (Å²) in [5.74, 6) is 0.188. The van der Waals surface area contributed by atoms with E-state index in [9.17, 15) is 9.90 Å². The minimum Gasteiger partial charge on any atom is -0.508 e. The number of phenolic OH excluding ortho intramolecular Hbond substituents is 1. The predicted molar refractivity (Wildman–Crippen MR) is 119 cm³/mol. The summed E-state index contributed by atoms with van der Waals surface area (Å²) in [6.07, 6.45) is 3.68. The Morgan fingerprint density at radius 2 is 2.10 bits per heavy atom. The van der Waals surface area contributed by atoms with E-state index in [0.29, 0.717) is 12.4 Å². The van der Waals surface area contributed by atoms with Gasteiger partial charge in [0.1, 0.15) is 5.75 Å². The molecule has 1 heterocycles. The number of hydroxylamine groups is 1. The smallest absolute Gasteiger partial charge is 0.292 e. The number of rotatable bonds is 6. The van der Waals surface area contributed by atoms with Crippen LogP contribution < -0.4 is 10.8 Å². The first-order valence-corrected chi connectivity index (χ1v) is 10.8. The first-order valence-electron chi connectivity index (χ1n) is 10.8. The second-order valence-corrected chi connectivity index (χ2v) is 8.07. The van der Waals surface area contributed by atoms with Crippen molar-refractivity contribution in [1.82, 2.24) is 5.48 Å². The molecule has 1 aliphatic heterocycles. The Hall–Kier alpha value is -2.90. The number of carbonyl (C=O) groups excluding carboxylic acids is 1. The molecule has 1 amide bonds. The molecule has 1 aliphatic carbocycles. The summed E-state index contributed by atoms with van der Waals surface area (Å²) in [5, 5.41) is 13.4. The molecule has 0 saturated carbocycles. The Labute approximate surface area is 182 Å². The maximum absolute atomic E-state index is 12.3. The Morgan fingerprint density at radius 3 is 2.77 bits per heavy atom. The zero-order valence-electron chi connectivity index (χ0n) is 18.2. The van der Waals surface area contributed by atoms with Gasteiger partial charge in [0.05, 0.1) is 6.10 Å². The molecule has 0 radical (unpaired) electrons. The molecule has 4 rings (SSSR count). The number of nitrogens with one attached hydrogen (secondary N) is 2. The number of aryl methyl sites for hydroxylation is 2. The van der Waals surface area contributed by atoms with Crippen molar-refractivity contribution in [1.29, 1.82) is 0 Å². The highest BCUT2D eigenvalue weighted by Crippen LogP contribution is 2.40. The number of aromatic hydroxyl groups is 1. The van der Waals surface area contributed by atoms with Crippen molar-refractivity contribution < 1.29 is 19.5 Å². The van der Waals surface area contributed by atoms with Crippen LogP contribution in [0.3, 0.4) is 0 Å². The number of phenols is 1. The van der Waals surface area contributed by atoms with Gasteiger partial charge in [0, 0.05) is 17.9 Å². The van der Waals surface area contributed by atoms with Crippen LogP contribution in [0, 0.1) is 13.8 Å². The second-order valence-electron chi connectivity index (χ2n) is 8.07. The summed E-state index contributed by atoms with van der Waals surface area (Å²) < 4.78 is 5.91. The van der Waals surface area contributed by atoms with Gasteiger partial charge in [0.25, 0.3) is 5.91 Å². The van der Waals surface area contributed by atoms with Crippen LogP contribution in [0.15, 0.2) is 29.3 Å². The van der Waals surface area contributed by atoms with Gasteiger partial charge in [0.2, 0.25) is 5.84 Å². The van der Waals surface area contributed by atoms with Crippen LogP contribution in [-0.2, 0) is 27.2 Å². The SMILES string of the molecule is CCO[C@H]1CCCc2c(Cc3c(C)cc(NC(=O)C4=NCON4)cc3C)ccc(O)c21. The molecule has 0 saturated heterocycles. The molecular formula is C24H29N3O4. The third-order valence-corrected chi connectivity index (χ3v) is 6.01. The third-order valence-electron chi connectivity index (χ3n) is 6.01. The van der Waals surface area contributed by atoms with Crippen molar-refractivity contribution in [3.8, 4) is 5.75 Å². The average molecular weight is 424 g/mol. The van der Waals surface area contributed by atoms with Crippen LogP contribution in [0.5, 0.6) is 5.75 Å². The first-order chi connectivity index (χ1) is 15.0. The molecule has 3 N–H and O–H groups in total. The second kappa shape index (κ2) is 9.08. The lowest BCUT2D eigenvalue weighted by atomic mass is 9.83. The van der Waals surface area contributed by atoms with Gasteiger partial charge >= 0.3 is 0 Å². The minimum atomic E-state index is -0.321. The first kappa shape index (κ1) is 21.3. The average Bonchev–Trinajstić information content (AvgIpc) is 3.28. The largest absolute Gasteiger partial charge is 0.508 e. The van der Waals surface area contributed by atoms with E-state index < -0.39 is 0 Å². The van der Waals surface area contributed by atoms with Crippen molar-refractivity contribution in [2.75, 3.05) is 18.7 Å². The number of fused-ring (bicyclic) bond motifs is 1. The lowest BCUT2D eigenvalue weighted by Gasteiger charge is -2.28. The van der Waals surface area contributed by atoms with E-state index in [0.717, 1.165) is 48.1 Å². The summed E-state index contributed by atoms with van der Waals surface area (Å²) in [6, 6.07) is 7.78. The number of hydrogen-bond donors (Lipinski definition) is 3. The fraction of sp³-hybridized carbons (Fsp3) is 0.417. The quantitative estimate of drug-likeness (QED) is 0.657. The number of benzene rings is 2. The molecule has 31 heavy (non-hydrogen) atoms. The van der Waals surface area contributed by atoms with E-state index in [4.69, 9.17) is 9.57 Å². The lowest BCUT2D eigenvalue weighted by molar-refractivity contribution is -0.110. The molecule has 1 atom stereocenters. The highest BCUT2D eigenvalue weighted by molar-refractivity contribution is 6.42. The van der Waals surface area contributed by atoms with Gasteiger partial charge in [-0.1, -0.05) is 6.07 Å². The van der Waals surface area contributed by atoms with Gasteiger partial charge in [-0.25, -0.2) is 10.5 Å². The molecule has 0 spiro atoms. The number of hydrogen-bond acceptors (Lipinski definition) is 6. The molecule has 2 aromatic carbocycles. The summed E-state index contributed by atoms with van der Waals surface area (Å²) in [5.41, 5.74) is 10.1. The zero-order chi connectivity index (χ0) is 22.0. The standard InChI is InChI=1S/C24H29N3O4/c1-4-30-21-7-5-6-18-16(8-9-20(28)22(18)21)12-19-14(2)10-17(11-15(19)3)26-24(29)23-25-13-31-27-23/h8-11,21,28H,4-7,12-13H2,1-3H3,(H,25,27)(H,26,29)/t21-/m0/s1. The van der Waals surface area contributed by atoms with Crippen LogP contribution in [0.25, 0.3) is 0 Å². The van der Waals surface area contributed by atoms with Gasteiger partial charge in [-0.2, -0.15) is 0 Å². The summed E-state index contributed by atoms with van der Waals surface area (Å²) in [4.78, 5) is 21.1. The van der Waals surface area contributed by atoms with Crippen LogP contribution in [0.2, 0.25) is 0 Å². The van der Waals surface area contributed by atoms with E-state index in [1.165, 1.54) is 16.7 Å². The van der Waals surface area contributed by atoms with Crippen LogP contribution >= 0.6 is 0 Å². The van der Waals surface area contributed by atoms with E-state index in [1.54, 1.807) is 6.07 Å². The fourth-order valence-corrected chi connectivity index (χ4v) is 4.57. The maximum Gasteiger partial charge on any atom is 0.292 e. The Morgan fingerprint density at radius 1 is 1.32 bits per heavy atom. The lowest BCUT2D eigenvalue weighted by Crippen LogP contribution is -2.31. The zero-order valence-corrected chi connectivity index (χ0v) is 18.2. The highest BCUT2D eigenvalue weighted by Gasteiger charge is 2.26. The van der Waals surface area contributed by atoms with E-state index in [2.05, 4.69) is 29.6 Å². The summed E-state index contributed by atoms with van der Waals surface area (Å²) in [6.45, 7) is 6.88. The number of nitrogens with zero attached hydrogens (tertiary/aromatic N) is 1. The number of amides is 1. The third kappa shape index (κ3) is 4.43. The molecule has 0 bridgehead atoms. The molecule has 7 nitrogen and oxygen atoms in total. The van der Waals surface area contributed by atoms with Gasteiger partial charge in [0.15, 0.2) is 6.73 Å². The number of aliphatic imine (C=N–C) groups is 1. The molecule has 7 heteroatoms. The number of amidine groups is 1. The van der Waals surface area contributed by atoms with Crippen LogP contribution in [0.4, 0.5) is 5.69 Å². The normalized spacial score (nSPS) is 17.6. The van der Waals surface area contributed by atoms with E-state index in [1.807, 2.05) is 25.1 Å². The van der Waals surface area contributed by atoms with Gasteiger partial charge in [-0.3, -0.25) is 9.63 Å². The molecule has 0 aromatic heterocycles. The Kier molecular flexibility index (Phi) is 6.25. The molecule has 2 aromatic rings. The number of ether oxygens (including phenoxy) is 1. The minimum absolute atomic E-state index is 0.0374. The van der Waals surface area contributed by atoms with E-state index in [-0.39, 0.29) is 24.6 Å². The number of anilines is 1. The van der Waals surface area contributed by atoms with Gasteiger partial charge < -0.3 is 15.2 Å². The molecule has 0 fully saturated rings. The Bertz CT molecular complexity index is 1010. The van der Waals surface area contributed by atoms with Crippen molar-refractivity contribution in [3.05, 3.63) is 57.6 Å². The highest BCUT2D eigenvalue weighted by atomic mass is 16.7. The predicted octanol–water partition coefficient (Wildman–Crippen LogP) is 3.84. The van der Waals surface area contributed by atoms with Gasteiger partial charge in [-0.05, 0) is 92.5 Å². The molecule has 0 unspecified atom stereocenters. The van der Waals surface area contributed by atoms with Crippen molar-refractivity contribution in [2.45, 2.75) is 52.6 Å². The van der Waals surface area contributed by atoms with Crippen LogP contribution in [-0.4, -0.2) is 30.2 Å². The summed E-state index contributed by atoms with van der Waals surface area (Å²) in [7, 11) is 0. The Balaban J connectivity index is 1.60. The fourth-order valence-electron chi connectivity index (χ4n) is 4.57. The van der Waals surface area contributed by atoms with Crippen molar-refractivity contribution >= 4 is 17.4 Å². The molecule has 2 aliphatic rings. The summed E-state index contributed by atoms with van der Waals surface area (Å²) >= 11 is 0. The maximum atomic E-state index is 12.3. The number of carbonyl (C=O) groups is 1. The topological polar surface area (TPSA) is 92.2 Å². The molecular weight excluding hydrogens is 394 g/mol. The van der Waals surface area contributed by atoms with Crippen molar-refractivity contribution in [3.63, 3.8) is 0 Å². The van der Waals surface area contributed by atoms with Crippen molar-refractivity contribution in [2.24, 2.45) is 4.99 Å².